The molecule has 0 heterocycles. The Labute approximate surface area is 113 Å². The van der Waals surface area contributed by atoms with Gasteiger partial charge in [-0.1, -0.05) is 19.1 Å². The zero-order valence-corrected chi connectivity index (χ0v) is 12.4. The SMILES string of the molecule is CC(CCNCc1cccc(F)c1Br)S(C)=O. The lowest BCUT2D eigenvalue weighted by molar-refractivity contribution is 0.605. The minimum atomic E-state index is -0.776. The third-order valence-electron chi connectivity index (χ3n) is 2.64. The molecule has 0 bridgehead atoms. The molecule has 0 saturated carbocycles. The lowest BCUT2D eigenvalue weighted by Gasteiger charge is -2.10. The lowest BCUT2D eigenvalue weighted by Crippen LogP contribution is -2.21. The summed E-state index contributed by atoms with van der Waals surface area (Å²) in [5.41, 5.74) is 0.898. The normalized spacial score (nSPS) is 14.6. The van der Waals surface area contributed by atoms with Crippen molar-refractivity contribution in [1.29, 1.82) is 0 Å². The fraction of sp³-hybridized carbons (Fsp3) is 0.500. The third-order valence-corrected chi connectivity index (χ3v) is 4.90. The minimum Gasteiger partial charge on any atom is -0.313 e. The first kappa shape index (κ1) is 14.8. The zero-order chi connectivity index (χ0) is 12.8. The molecule has 0 aromatic heterocycles. The fourth-order valence-corrected chi connectivity index (χ4v) is 2.23. The molecular formula is C12H17BrFNOS. The second kappa shape index (κ2) is 7.24. The van der Waals surface area contributed by atoms with Crippen molar-refractivity contribution < 1.29 is 8.60 Å². The highest BCUT2D eigenvalue weighted by atomic mass is 79.9. The van der Waals surface area contributed by atoms with Gasteiger partial charge in [-0.15, -0.1) is 0 Å². The average Bonchev–Trinajstić information content (AvgIpc) is 2.29. The molecular weight excluding hydrogens is 305 g/mol. The maximum atomic E-state index is 13.2. The van der Waals surface area contributed by atoms with Gasteiger partial charge >= 0.3 is 0 Å². The topological polar surface area (TPSA) is 29.1 Å². The van der Waals surface area contributed by atoms with Crippen LogP contribution in [0.3, 0.4) is 0 Å². The van der Waals surface area contributed by atoms with E-state index in [9.17, 15) is 8.60 Å². The molecule has 96 valence electrons. The molecule has 0 saturated heterocycles. The second-order valence-electron chi connectivity index (χ2n) is 3.99. The molecule has 1 aromatic rings. The number of halogens is 2. The number of nitrogens with one attached hydrogen (secondary N) is 1. The van der Waals surface area contributed by atoms with E-state index in [0.29, 0.717) is 11.0 Å². The van der Waals surface area contributed by atoms with Crippen LogP contribution in [0, 0.1) is 5.82 Å². The van der Waals surface area contributed by atoms with Crippen molar-refractivity contribution in [3.8, 4) is 0 Å². The quantitative estimate of drug-likeness (QED) is 0.816. The molecule has 0 aliphatic carbocycles. The van der Waals surface area contributed by atoms with Crippen molar-refractivity contribution in [3.63, 3.8) is 0 Å². The van der Waals surface area contributed by atoms with Gasteiger partial charge in [0.05, 0.1) is 4.47 Å². The van der Waals surface area contributed by atoms with Crippen LogP contribution in [0.25, 0.3) is 0 Å². The van der Waals surface area contributed by atoms with Gasteiger partial charge in [0.1, 0.15) is 5.82 Å². The van der Waals surface area contributed by atoms with E-state index in [1.165, 1.54) is 6.07 Å². The third kappa shape index (κ3) is 4.85. The Morgan fingerprint density at radius 2 is 2.24 bits per heavy atom. The summed E-state index contributed by atoms with van der Waals surface area (Å²) in [6, 6.07) is 5.00. The Balaban J connectivity index is 2.36. The lowest BCUT2D eigenvalue weighted by atomic mass is 10.2. The number of rotatable bonds is 6. The van der Waals surface area contributed by atoms with E-state index in [1.807, 2.05) is 13.0 Å². The first-order valence-corrected chi connectivity index (χ1v) is 7.89. The van der Waals surface area contributed by atoms with Gasteiger partial charge in [-0.2, -0.15) is 0 Å². The first-order valence-electron chi connectivity index (χ1n) is 5.48. The summed E-state index contributed by atoms with van der Waals surface area (Å²) in [6.07, 6.45) is 2.57. The maximum absolute atomic E-state index is 13.2. The summed E-state index contributed by atoms with van der Waals surface area (Å²) in [5, 5.41) is 3.42. The van der Waals surface area contributed by atoms with Crippen LogP contribution in [0.5, 0.6) is 0 Å². The summed E-state index contributed by atoms with van der Waals surface area (Å²) in [6.45, 7) is 3.36. The van der Waals surface area contributed by atoms with E-state index >= 15 is 0 Å². The zero-order valence-electron chi connectivity index (χ0n) is 10.0. The van der Waals surface area contributed by atoms with E-state index in [1.54, 1.807) is 12.3 Å². The molecule has 0 aliphatic rings. The van der Waals surface area contributed by atoms with Crippen molar-refractivity contribution in [1.82, 2.24) is 5.32 Å². The highest BCUT2D eigenvalue weighted by molar-refractivity contribution is 9.10. The molecule has 2 nitrogen and oxygen atoms in total. The van der Waals surface area contributed by atoms with E-state index in [0.717, 1.165) is 18.5 Å². The largest absolute Gasteiger partial charge is 0.313 e. The van der Waals surface area contributed by atoms with Gasteiger partial charge < -0.3 is 5.32 Å². The van der Waals surface area contributed by atoms with Crippen LogP contribution >= 0.6 is 15.9 Å². The molecule has 2 atom stereocenters. The Morgan fingerprint density at radius 3 is 2.88 bits per heavy atom. The smallest absolute Gasteiger partial charge is 0.137 e. The van der Waals surface area contributed by atoms with Gasteiger partial charge in [0, 0.05) is 28.9 Å². The summed E-state index contributed by atoms with van der Waals surface area (Å²) < 4.78 is 24.9. The molecule has 0 radical (unpaired) electrons. The van der Waals surface area contributed by atoms with Crippen molar-refractivity contribution in [3.05, 3.63) is 34.1 Å². The molecule has 1 aromatic carbocycles. The Kier molecular flexibility index (Phi) is 6.30. The van der Waals surface area contributed by atoms with Crippen LogP contribution in [-0.4, -0.2) is 22.3 Å². The van der Waals surface area contributed by atoms with Crippen molar-refractivity contribution in [2.75, 3.05) is 12.8 Å². The van der Waals surface area contributed by atoms with Gasteiger partial charge in [0.15, 0.2) is 0 Å². The van der Waals surface area contributed by atoms with Crippen LogP contribution < -0.4 is 5.32 Å². The summed E-state index contributed by atoms with van der Waals surface area (Å²) in [5.74, 6) is -0.243. The van der Waals surface area contributed by atoms with Gasteiger partial charge in [-0.25, -0.2) is 4.39 Å². The van der Waals surface area contributed by atoms with Crippen molar-refractivity contribution in [2.45, 2.75) is 25.1 Å². The van der Waals surface area contributed by atoms with Gasteiger partial charge in [0.25, 0.3) is 0 Å². The van der Waals surface area contributed by atoms with E-state index < -0.39 is 10.8 Å². The highest BCUT2D eigenvalue weighted by Gasteiger charge is 2.07. The predicted molar refractivity (Wildman–Crippen MR) is 74.0 cm³/mol. The highest BCUT2D eigenvalue weighted by Crippen LogP contribution is 2.19. The molecule has 0 amide bonds. The second-order valence-corrected chi connectivity index (χ2v) is 6.58. The van der Waals surface area contributed by atoms with Crippen LogP contribution in [0.1, 0.15) is 18.9 Å². The molecule has 5 heteroatoms. The first-order chi connectivity index (χ1) is 8.02. The van der Waals surface area contributed by atoms with Crippen LogP contribution in [-0.2, 0) is 17.3 Å². The average molecular weight is 322 g/mol. The van der Waals surface area contributed by atoms with Gasteiger partial charge in [0.2, 0.25) is 0 Å². The minimum absolute atomic E-state index is 0.193. The number of benzene rings is 1. The Bertz CT molecular complexity index is 400. The van der Waals surface area contributed by atoms with Crippen LogP contribution in [0.2, 0.25) is 0 Å². The maximum Gasteiger partial charge on any atom is 0.137 e. The molecule has 2 unspecified atom stereocenters. The predicted octanol–water partition coefficient (Wildman–Crippen LogP) is 2.83. The number of hydrogen-bond donors (Lipinski definition) is 1. The molecule has 1 rings (SSSR count). The summed E-state index contributed by atoms with van der Waals surface area (Å²) in [7, 11) is -0.776. The molecule has 0 spiro atoms. The van der Waals surface area contributed by atoms with E-state index in [4.69, 9.17) is 0 Å². The van der Waals surface area contributed by atoms with Crippen molar-refractivity contribution in [2.24, 2.45) is 0 Å². The van der Waals surface area contributed by atoms with E-state index in [-0.39, 0.29) is 11.1 Å². The van der Waals surface area contributed by atoms with Crippen molar-refractivity contribution >= 4 is 26.7 Å². The summed E-state index contributed by atoms with van der Waals surface area (Å²) in [4.78, 5) is 0. The fourth-order valence-electron chi connectivity index (χ4n) is 1.38. The van der Waals surface area contributed by atoms with Crippen LogP contribution in [0.15, 0.2) is 22.7 Å². The monoisotopic (exact) mass is 321 g/mol. The Morgan fingerprint density at radius 1 is 1.53 bits per heavy atom. The van der Waals surface area contributed by atoms with Gasteiger partial charge in [-0.05, 0) is 40.5 Å². The Hall–Kier alpha value is -0.260. The molecule has 0 aliphatic heterocycles. The molecule has 17 heavy (non-hydrogen) atoms. The molecule has 1 N–H and O–H groups in total. The number of hydrogen-bond acceptors (Lipinski definition) is 2. The van der Waals surface area contributed by atoms with Gasteiger partial charge in [-0.3, -0.25) is 4.21 Å². The summed E-state index contributed by atoms with van der Waals surface area (Å²) >= 11 is 3.22. The van der Waals surface area contributed by atoms with E-state index in [2.05, 4.69) is 21.2 Å². The standard InChI is InChI=1S/C12H17BrFNOS/c1-9(17(2)16)6-7-15-8-10-4-3-5-11(14)12(10)13/h3-5,9,15H,6-8H2,1-2H3. The van der Waals surface area contributed by atoms with Crippen LogP contribution in [0.4, 0.5) is 4.39 Å². The molecule has 0 fully saturated rings.